The van der Waals surface area contributed by atoms with E-state index in [1.807, 2.05) is 0 Å². The zero-order chi connectivity index (χ0) is 13.7. The van der Waals surface area contributed by atoms with E-state index in [0.29, 0.717) is 23.7 Å². The highest BCUT2D eigenvalue weighted by Gasteiger charge is 2.55. The number of hydrogen-bond donors (Lipinski definition) is 1. The highest BCUT2D eigenvalue weighted by Crippen LogP contribution is 2.53. The standard InChI is InChI=1S/C16H31NO2/c1-4-18-15-12-14(17-10-11-19-13(2)3)16(15)8-6-5-7-9-16/h13-15,17H,4-12H2,1-3H3. The summed E-state index contributed by atoms with van der Waals surface area (Å²) in [6, 6.07) is 0.653. The van der Waals surface area contributed by atoms with Crippen molar-refractivity contribution in [2.45, 2.75) is 77.5 Å². The SMILES string of the molecule is CCOC1CC(NCCOC(C)C)C12CCCCC2. The van der Waals surface area contributed by atoms with Gasteiger partial charge in [-0.25, -0.2) is 0 Å². The first kappa shape index (κ1) is 15.3. The molecule has 2 aliphatic carbocycles. The molecule has 2 aliphatic rings. The van der Waals surface area contributed by atoms with Crippen molar-refractivity contribution in [1.29, 1.82) is 0 Å². The summed E-state index contributed by atoms with van der Waals surface area (Å²) in [5, 5.41) is 3.72. The monoisotopic (exact) mass is 269 g/mol. The van der Waals surface area contributed by atoms with Crippen molar-refractivity contribution < 1.29 is 9.47 Å². The first-order valence-corrected chi connectivity index (χ1v) is 8.15. The molecule has 2 rings (SSSR count). The second-order valence-corrected chi connectivity index (χ2v) is 6.40. The zero-order valence-electron chi connectivity index (χ0n) is 12.9. The predicted molar refractivity (Wildman–Crippen MR) is 78.4 cm³/mol. The lowest BCUT2D eigenvalue weighted by Crippen LogP contribution is -2.64. The van der Waals surface area contributed by atoms with Crippen LogP contribution in [-0.2, 0) is 9.47 Å². The van der Waals surface area contributed by atoms with Crippen molar-refractivity contribution in [1.82, 2.24) is 5.32 Å². The van der Waals surface area contributed by atoms with E-state index >= 15 is 0 Å². The summed E-state index contributed by atoms with van der Waals surface area (Å²) in [6.45, 7) is 8.96. The quantitative estimate of drug-likeness (QED) is 0.720. The van der Waals surface area contributed by atoms with Crippen LogP contribution in [0.4, 0.5) is 0 Å². The zero-order valence-corrected chi connectivity index (χ0v) is 12.9. The largest absolute Gasteiger partial charge is 0.378 e. The van der Waals surface area contributed by atoms with Crippen LogP contribution < -0.4 is 5.32 Å². The van der Waals surface area contributed by atoms with Gasteiger partial charge in [-0.1, -0.05) is 19.3 Å². The summed E-state index contributed by atoms with van der Waals surface area (Å²) >= 11 is 0. The molecule has 3 nitrogen and oxygen atoms in total. The van der Waals surface area contributed by atoms with E-state index < -0.39 is 0 Å². The number of hydrogen-bond acceptors (Lipinski definition) is 3. The molecule has 0 heterocycles. The molecule has 0 aromatic carbocycles. The van der Waals surface area contributed by atoms with Gasteiger partial charge in [0.25, 0.3) is 0 Å². The average Bonchev–Trinajstić information content (AvgIpc) is 2.41. The van der Waals surface area contributed by atoms with Crippen LogP contribution in [0.5, 0.6) is 0 Å². The molecule has 2 atom stereocenters. The Hall–Kier alpha value is -0.120. The Balaban J connectivity index is 1.80. The van der Waals surface area contributed by atoms with Crippen LogP contribution in [0.2, 0.25) is 0 Å². The molecule has 3 heteroatoms. The summed E-state index contributed by atoms with van der Waals surface area (Å²) in [5.41, 5.74) is 0.437. The molecule has 0 saturated heterocycles. The first-order chi connectivity index (χ1) is 9.19. The predicted octanol–water partition coefficient (Wildman–Crippen LogP) is 3.13. The van der Waals surface area contributed by atoms with Crippen molar-refractivity contribution in [3.63, 3.8) is 0 Å². The molecule has 2 saturated carbocycles. The Kier molecular flexibility index (Phi) is 5.67. The smallest absolute Gasteiger partial charge is 0.0661 e. The Bertz CT molecular complexity index is 261. The summed E-state index contributed by atoms with van der Waals surface area (Å²) in [5.74, 6) is 0. The van der Waals surface area contributed by atoms with Crippen LogP contribution in [0.25, 0.3) is 0 Å². The lowest BCUT2D eigenvalue weighted by Gasteiger charge is -2.58. The molecule has 1 spiro atoms. The third-order valence-electron chi connectivity index (χ3n) is 4.88. The van der Waals surface area contributed by atoms with Crippen LogP contribution in [0.3, 0.4) is 0 Å². The van der Waals surface area contributed by atoms with Gasteiger partial charge in [0.1, 0.15) is 0 Å². The minimum absolute atomic E-state index is 0.336. The Morgan fingerprint density at radius 2 is 1.95 bits per heavy atom. The van der Waals surface area contributed by atoms with Crippen LogP contribution in [0.15, 0.2) is 0 Å². The Labute approximate surface area is 118 Å². The number of nitrogens with one attached hydrogen (secondary N) is 1. The fraction of sp³-hybridized carbons (Fsp3) is 1.00. The summed E-state index contributed by atoms with van der Waals surface area (Å²) < 4.78 is 11.6. The van der Waals surface area contributed by atoms with Crippen LogP contribution in [-0.4, -0.2) is 38.0 Å². The third-order valence-corrected chi connectivity index (χ3v) is 4.88. The van der Waals surface area contributed by atoms with E-state index in [0.717, 1.165) is 19.8 Å². The van der Waals surface area contributed by atoms with Gasteiger partial charge >= 0.3 is 0 Å². The number of ether oxygens (including phenoxy) is 2. The molecule has 0 aromatic heterocycles. The van der Waals surface area contributed by atoms with Crippen LogP contribution in [0, 0.1) is 5.41 Å². The van der Waals surface area contributed by atoms with E-state index in [1.165, 1.54) is 38.5 Å². The fourth-order valence-electron chi connectivity index (χ4n) is 3.88. The topological polar surface area (TPSA) is 30.5 Å². The van der Waals surface area contributed by atoms with E-state index in [1.54, 1.807) is 0 Å². The van der Waals surface area contributed by atoms with Gasteiger partial charge in [0, 0.05) is 24.6 Å². The van der Waals surface area contributed by atoms with Gasteiger partial charge in [-0.05, 0) is 40.0 Å². The second-order valence-electron chi connectivity index (χ2n) is 6.40. The average molecular weight is 269 g/mol. The third kappa shape index (κ3) is 3.50. The molecule has 1 N–H and O–H groups in total. The van der Waals surface area contributed by atoms with E-state index in [4.69, 9.17) is 9.47 Å². The van der Waals surface area contributed by atoms with Gasteiger partial charge in [0.15, 0.2) is 0 Å². The van der Waals surface area contributed by atoms with Crippen molar-refractivity contribution in [3.8, 4) is 0 Å². The Morgan fingerprint density at radius 1 is 1.21 bits per heavy atom. The summed E-state index contributed by atoms with van der Waals surface area (Å²) in [7, 11) is 0. The van der Waals surface area contributed by atoms with Crippen molar-refractivity contribution in [2.24, 2.45) is 5.41 Å². The van der Waals surface area contributed by atoms with E-state index in [-0.39, 0.29) is 0 Å². The lowest BCUT2D eigenvalue weighted by molar-refractivity contribution is -0.150. The Morgan fingerprint density at radius 3 is 2.58 bits per heavy atom. The maximum atomic E-state index is 5.97. The van der Waals surface area contributed by atoms with Crippen molar-refractivity contribution >= 4 is 0 Å². The first-order valence-electron chi connectivity index (χ1n) is 8.15. The molecule has 0 radical (unpaired) electrons. The van der Waals surface area contributed by atoms with Gasteiger partial charge in [-0.2, -0.15) is 0 Å². The lowest BCUT2D eigenvalue weighted by atomic mass is 9.55. The van der Waals surface area contributed by atoms with Gasteiger partial charge in [-0.3, -0.25) is 0 Å². The maximum absolute atomic E-state index is 5.97. The molecule has 0 bridgehead atoms. The molecule has 2 unspecified atom stereocenters. The highest BCUT2D eigenvalue weighted by atomic mass is 16.5. The molecule has 112 valence electrons. The van der Waals surface area contributed by atoms with Crippen molar-refractivity contribution in [2.75, 3.05) is 19.8 Å². The van der Waals surface area contributed by atoms with Crippen molar-refractivity contribution in [3.05, 3.63) is 0 Å². The fourth-order valence-corrected chi connectivity index (χ4v) is 3.88. The molecule has 2 fully saturated rings. The molecular weight excluding hydrogens is 238 g/mol. The van der Waals surface area contributed by atoms with E-state index in [2.05, 4.69) is 26.1 Å². The summed E-state index contributed by atoms with van der Waals surface area (Å²) in [4.78, 5) is 0. The maximum Gasteiger partial charge on any atom is 0.0661 e. The minimum Gasteiger partial charge on any atom is -0.378 e. The van der Waals surface area contributed by atoms with E-state index in [9.17, 15) is 0 Å². The molecule has 19 heavy (non-hydrogen) atoms. The molecule has 0 aliphatic heterocycles. The van der Waals surface area contributed by atoms with Crippen LogP contribution >= 0.6 is 0 Å². The normalized spacial score (nSPS) is 29.7. The van der Waals surface area contributed by atoms with Gasteiger partial charge < -0.3 is 14.8 Å². The minimum atomic E-state index is 0.336. The van der Waals surface area contributed by atoms with Gasteiger partial charge in [-0.15, -0.1) is 0 Å². The second kappa shape index (κ2) is 7.05. The molecular formula is C16H31NO2. The highest BCUT2D eigenvalue weighted by molar-refractivity contribution is 5.08. The molecule has 0 aromatic rings. The molecule has 0 amide bonds. The van der Waals surface area contributed by atoms with Gasteiger partial charge in [0.05, 0.1) is 18.8 Å². The van der Waals surface area contributed by atoms with Gasteiger partial charge in [0.2, 0.25) is 0 Å². The van der Waals surface area contributed by atoms with Crippen LogP contribution in [0.1, 0.15) is 59.3 Å². The summed E-state index contributed by atoms with van der Waals surface area (Å²) in [6.07, 6.45) is 8.89. The number of rotatable bonds is 7.